The molecule has 1 aliphatic rings. The summed E-state index contributed by atoms with van der Waals surface area (Å²) in [7, 11) is 0. The van der Waals surface area contributed by atoms with E-state index >= 15 is 0 Å². The lowest BCUT2D eigenvalue weighted by molar-refractivity contribution is -0.132. The van der Waals surface area contributed by atoms with Crippen LogP contribution in [0.4, 0.5) is 0 Å². The highest BCUT2D eigenvalue weighted by Gasteiger charge is 2.24. The standard InChI is InChI=1S/C18H21N3O/c22-18(5-4-15-6-11-19-12-7-15)21-13-8-16(9-14-21)17-3-1-2-10-20-17/h1-3,6-7,10-12,16H,4-5,8-9,13-14H2. The largest absolute Gasteiger partial charge is 0.343 e. The van der Waals surface area contributed by atoms with E-state index in [9.17, 15) is 4.79 Å². The van der Waals surface area contributed by atoms with E-state index in [4.69, 9.17) is 0 Å². The van der Waals surface area contributed by atoms with Crippen LogP contribution in [0.25, 0.3) is 0 Å². The molecule has 3 heterocycles. The Bertz CT molecular complexity index is 592. The van der Waals surface area contributed by atoms with Crippen molar-refractivity contribution in [2.75, 3.05) is 13.1 Å². The molecule has 0 radical (unpaired) electrons. The Balaban J connectivity index is 1.48. The van der Waals surface area contributed by atoms with E-state index in [0.29, 0.717) is 12.3 Å². The number of likely N-dealkylation sites (tertiary alicyclic amines) is 1. The molecular weight excluding hydrogens is 274 g/mol. The number of nitrogens with zero attached hydrogens (tertiary/aromatic N) is 3. The summed E-state index contributed by atoms with van der Waals surface area (Å²) in [5, 5.41) is 0. The fourth-order valence-corrected chi connectivity index (χ4v) is 3.00. The number of piperidine rings is 1. The van der Waals surface area contributed by atoms with Crippen LogP contribution in [0, 0.1) is 0 Å². The molecule has 0 N–H and O–H groups in total. The summed E-state index contributed by atoms with van der Waals surface area (Å²) in [6.45, 7) is 1.69. The first kappa shape index (κ1) is 14.7. The van der Waals surface area contributed by atoms with Gasteiger partial charge in [0.05, 0.1) is 0 Å². The van der Waals surface area contributed by atoms with Crippen LogP contribution in [-0.4, -0.2) is 33.9 Å². The highest BCUT2D eigenvalue weighted by molar-refractivity contribution is 5.76. The zero-order chi connectivity index (χ0) is 15.2. The highest BCUT2D eigenvalue weighted by atomic mass is 16.2. The predicted octanol–water partition coefficient (Wildman–Crippen LogP) is 2.82. The van der Waals surface area contributed by atoms with Gasteiger partial charge in [0.15, 0.2) is 0 Å². The molecule has 4 heteroatoms. The van der Waals surface area contributed by atoms with E-state index in [1.54, 1.807) is 12.4 Å². The van der Waals surface area contributed by atoms with Crippen LogP contribution >= 0.6 is 0 Å². The SMILES string of the molecule is O=C(CCc1ccncc1)N1CCC(c2ccccn2)CC1. The molecule has 0 bridgehead atoms. The first-order valence-corrected chi connectivity index (χ1v) is 7.90. The van der Waals surface area contributed by atoms with Crippen molar-refractivity contribution in [3.8, 4) is 0 Å². The summed E-state index contributed by atoms with van der Waals surface area (Å²) in [5.74, 6) is 0.752. The number of hydrogen-bond donors (Lipinski definition) is 0. The molecule has 1 aliphatic heterocycles. The van der Waals surface area contributed by atoms with E-state index in [1.807, 2.05) is 35.4 Å². The van der Waals surface area contributed by atoms with Gasteiger partial charge in [-0.3, -0.25) is 14.8 Å². The predicted molar refractivity (Wildman–Crippen MR) is 85.4 cm³/mol. The highest BCUT2D eigenvalue weighted by Crippen LogP contribution is 2.26. The molecule has 1 fully saturated rings. The van der Waals surface area contributed by atoms with Crippen molar-refractivity contribution in [3.05, 3.63) is 60.2 Å². The topological polar surface area (TPSA) is 46.1 Å². The number of aryl methyl sites for hydroxylation is 1. The molecule has 2 aromatic rings. The molecule has 1 saturated heterocycles. The van der Waals surface area contributed by atoms with Gasteiger partial charge in [-0.2, -0.15) is 0 Å². The third-order valence-electron chi connectivity index (χ3n) is 4.33. The van der Waals surface area contributed by atoms with Gasteiger partial charge in [-0.25, -0.2) is 0 Å². The maximum atomic E-state index is 12.3. The van der Waals surface area contributed by atoms with Gasteiger partial charge in [0, 0.05) is 49.7 Å². The molecule has 0 aromatic carbocycles. The Morgan fingerprint density at radius 1 is 1.09 bits per heavy atom. The summed E-state index contributed by atoms with van der Waals surface area (Å²) in [6, 6.07) is 10.0. The molecule has 4 nitrogen and oxygen atoms in total. The van der Waals surface area contributed by atoms with Crippen molar-refractivity contribution >= 4 is 5.91 Å². The van der Waals surface area contributed by atoms with Crippen molar-refractivity contribution < 1.29 is 4.79 Å². The first-order valence-electron chi connectivity index (χ1n) is 7.90. The number of carbonyl (C=O) groups excluding carboxylic acids is 1. The third-order valence-corrected chi connectivity index (χ3v) is 4.33. The molecule has 2 aromatic heterocycles. The summed E-state index contributed by atoms with van der Waals surface area (Å²) < 4.78 is 0. The molecule has 0 unspecified atom stereocenters. The summed E-state index contributed by atoms with van der Waals surface area (Å²) in [4.78, 5) is 22.7. The fourth-order valence-electron chi connectivity index (χ4n) is 3.00. The maximum absolute atomic E-state index is 12.3. The van der Waals surface area contributed by atoms with Crippen LogP contribution in [0.3, 0.4) is 0 Å². The monoisotopic (exact) mass is 295 g/mol. The normalized spacial score (nSPS) is 15.7. The number of carbonyl (C=O) groups is 1. The van der Waals surface area contributed by atoms with Gasteiger partial charge in [-0.1, -0.05) is 6.07 Å². The van der Waals surface area contributed by atoms with Gasteiger partial charge in [0.2, 0.25) is 5.91 Å². The van der Waals surface area contributed by atoms with E-state index in [0.717, 1.165) is 38.0 Å². The van der Waals surface area contributed by atoms with Gasteiger partial charge < -0.3 is 4.90 Å². The summed E-state index contributed by atoms with van der Waals surface area (Å²) in [6.07, 6.45) is 8.80. The Hall–Kier alpha value is -2.23. The van der Waals surface area contributed by atoms with Gasteiger partial charge in [0.1, 0.15) is 0 Å². The van der Waals surface area contributed by atoms with E-state index in [2.05, 4.69) is 16.0 Å². The second-order valence-electron chi connectivity index (χ2n) is 5.77. The summed E-state index contributed by atoms with van der Waals surface area (Å²) >= 11 is 0. The lowest BCUT2D eigenvalue weighted by atomic mass is 9.93. The average molecular weight is 295 g/mol. The van der Waals surface area contributed by atoms with Crippen LogP contribution in [0.2, 0.25) is 0 Å². The average Bonchev–Trinajstić information content (AvgIpc) is 2.61. The van der Waals surface area contributed by atoms with Crippen LogP contribution in [-0.2, 0) is 11.2 Å². The maximum Gasteiger partial charge on any atom is 0.222 e. The Kier molecular flexibility index (Phi) is 4.78. The minimum atomic E-state index is 0.260. The molecule has 1 amide bonds. The number of pyridine rings is 2. The lowest BCUT2D eigenvalue weighted by Gasteiger charge is -2.31. The Labute approximate surface area is 131 Å². The molecule has 0 aliphatic carbocycles. The van der Waals surface area contributed by atoms with Gasteiger partial charge in [-0.05, 0) is 49.1 Å². The molecule has 0 atom stereocenters. The number of hydrogen-bond acceptors (Lipinski definition) is 3. The molecular formula is C18H21N3O. The quantitative estimate of drug-likeness (QED) is 0.871. The Morgan fingerprint density at radius 3 is 2.55 bits per heavy atom. The lowest BCUT2D eigenvalue weighted by Crippen LogP contribution is -2.38. The van der Waals surface area contributed by atoms with Crippen molar-refractivity contribution in [3.63, 3.8) is 0 Å². The van der Waals surface area contributed by atoms with Crippen molar-refractivity contribution in [2.45, 2.75) is 31.6 Å². The minimum Gasteiger partial charge on any atom is -0.343 e. The zero-order valence-electron chi connectivity index (χ0n) is 12.7. The van der Waals surface area contributed by atoms with Crippen LogP contribution in [0.15, 0.2) is 48.9 Å². The van der Waals surface area contributed by atoms with Crippen molar-refractivity contribution in [2.24, 2.45) is 0 Å². The van der Waals surface area contributed by atoms with Crippen molar-refractivity contribution in [1.82, 2.24) is 14.9 Å². The molecule has 3 rings (SSSR count). The molecule has 0 spiro atoms. The first-order chi connectivity index (χ1) is 10.8. The smallest absolute Gasteiger partial charge is 0.222 e. The summed E-state index contributed by atoms with van der Waals surface area (Å²) in [5.41, 5.74) is 2.33. The fraction of sp³-hybridized carbons (Fsp3) is 0.389. The van der Waals surface area contributed by atoms with Crippen LogP contribution < -0.4 is 0 Å². The number of amides is 1. The molecule has 0 saturated carbocycles. The molecule has 114 valence electrons. The van der Waals surface area contributed by atoms with Gasteiger partial charge in [-0.15, -0.1) is 0 Å². The Morgan fingerprint density at radius 2 is 1.86 bits per heavy atom. The number of aromatic nitrogens is 2. The minimum absolute atomic E-state index is 0.260. The van der Waals surface area contributed by atoms with Gasteiger partial charge in [0.25, 0.3) is 0 Å². The van der Waals surface area contributed by atoms with E-state index in [-0.39, 0.29) is 5.91 Å². The molecule has 22 heavy (non-hydrogen) atoms. The zero-order valence-corrected chi connectivity index (χ0v) is 12.7. The van der Waals surface area contributed by atoms with Crippen LogP contribution in [0.1, 0.15) is 36.4 Å². The van der Waals surface area contributed by atoms with Gasteiger partial charge >= 0.3 is 0 Å². The van der Waals surface area contributed by atoms with E-state index in [1.165, 1.54) is 5.56 Å². The van der Waals surface area contributed by atoms with Crippen LogP contribution in [0.5, 0.6) is 0 Å². The second kappa shape index (κ2) is 7.16. The van der Waals surface area contributed by atoms with Crippen molar-refractivity contribution in [1.29, 1.82) is 0 Å². The number of rotatable bonds is 4. The van der Waals surface area contributed by atoms with E-state index < -0.39 is 0 Å². The second-order valence-corrected chi connectivity index (χ2v) is 5.77. The third kappa shape index (κ3) is 3.70.